The first-order chi connectivity index (χ1) is 8.56. The normalized spacial score (nSPS) is 12.0. The van der Waals surface area contributed by atoms with Crippen LogP contribution in [0.15, 0.2) is 0 Å². The molecular formula is C15H35N3. The van der Waals surface area contributed by atoms with Crippen molar-refractivity contribution in [2.45, 2.75) is 40.0 Å². The van der Waals surface area contributed by atoms with E-state index < -0.39 is 0 Å². The number of nitrogens with zero attached hydrogens (tertiary/aromatic N) is 2. The predicted molar refractivity (Wildman–Crippen MR) is 82.2 cm³/mol. The van der Waals surface area contributed by atoms with Crippen LogP contribution in [0.1, 0.15) is 40.0 Å². The summed E-state index contributed by atoms with van der Waals surface area (Å²) in [7, 11) is 4.29. The van der Waals surface area contributed by atoms with Crippen molar-refractivity contribution >= 4 is 0 Å². The maximum absolute atomic E-state index is 3.56. The van der Waals surface area contributed by atoms with Crippen LogP contribution >= 0.6 is 0 Å². The fourth-order valence-corrected chi connectivity index (χ4v) is 1.99. The van der Waals surface area contributed by atoms with E-state index in [4.69, 9.17) is 0 Å². The molecule has 0 amide bonds. The summed E-state index contributed by atoms with van der Waals surface area (Å²) in [5.41, 5.74) is 0. The summed E-state index contributed by atoms with van der Waals surface area (Å²) >= 11 is 0. The van der Waals surface area contributed by atoms with E-state index >= 15 is 0 Å². The van der Waals surface area contributed by atoms with Gasteiger partial charge in [0, 0.05) is 26.2 Å². The Kier molecular flexibility index (Phi) is 11.9. The lowest BCUT2D eigenvalue weighted by molar-refractivity contribution is 0.241. The Bertz CT molecular complexity index is 169. The lowest BCUT2D eigenvalue weighted by Gasteiger charge is -2.23. The van der Waals surface area contributed by atoms with Gasteiger partial charge in [0.1, 0.15) is 0 Å². The highest BCUT2D eigenvalue weighted by Crippen LogP contribution is 2.01. The molecule has 0 spiro atoms. The summed E-state index contributed by atoms with van der Waals surface area (Å²) in [6, 6.07) is 0. The summed E-state index contributed by atoms with van der Waals surface area (Å²) in [6.45, 7) is 13.9. The minimum atomic E-state index is 0.837. The van der Waals surface area contributed by atoms with Gasteiger partial charge in [0.2, 0.25) is 0 Å². The first-order valence-electron chi connectivity index (χ1n) is 7.64. The molecule has 0 saturated heterocycles. The van der Waals surface area contributed by atoms with E-state index in [1.54, 1.807) is 0 Å². The maximum atomic E-state index is 3.56. The van der Waals surface area contributed by atoms with Crippen LogP contribution in [0.3, 0.4) is 0 Å². The smallest absolute Gasteiger partial charge is 0.0110 e. The predicted octanol–water partition coefficient (Wildman–Crippen LogP) is 2.29. The lowest BCUT2D eigenvalue weighted by Crippen LogP contribution is -2.37. The third kappa shape index (κ3) is 12.3. The van der Waals surface area contributed by atoms with E-state index in [-0.39, 0.29) is 0 Å². The molecule has 0 aromatic rings. The van der Waals surface area contributed by atoms with Crippen molar-refractivity contribution in [3.63, 3.8) is 0 Å². The quantitative estimate of drug-likeness (QED) is 0.541. The van der Waals surface area contributed by atoms with Crippen LogP contribution < -0.4 is 5.32 Å². The average Bonchev–Trinajstić information content (AvgIpc) is 2.29. The molecule has 0 bridgehead atoms. The molecule has 0 fully saturated rings. The number of hydrogen-bond acceptors (Lipinski definition) is 3. The molecule has 3 heteroatoms. The van der Waals surface area contributed by atoms with E-state index in [0.717, 1.165) is 19.0 Å². The number of likely N-dealkylation sites (N-methyl/N-ethyl adjacent to an activating group) is 1. The summed E-state index contributed by atoms with van der Waals surface area (Å²) in [5, 5.41) is 3.56. The van der Waals surface area contributed by atoms with Gasteiger partial charge in [-0.25, -0.2) is 0 Å². The Hall–Kier alpha value is -0.120. The van der Waals surface area contributed by atoms with Crippen molar-refractivity contribution in [3.8, 4) is 0 Å². The molecular weight excluding hydrogens is 222 g/mol. The topological polar surface area (TPSA) is 18.5 Å². The zero-order valence-electron chi connectivity index (χ0n) is 13.3. The third-order valence-corrected chi connectivity index (χ3v) is 3.14. The van der Waals surface area contributed by atoms with E-state index in [9.17, 15) is 0 Å². The van der Waals surface area contributed by atoms with Gasteiger partial charge in [0.15, 0.2) is 0 Å². The van der Waals surface area contributed by atoms with Crippen molar-refractivity contribution < 1.29 is 0 Å². The molecule has 3 nitrogen and oxygen atoms in total. The molecule has 18 heavy (non-hydrogen) atoms. The summed E-state index contributed by atoms with van der Waals surface area (Å²) in [6.07, 6.45) is 3.90. The number of hydrogen-bond donors (Lipinski definition) is 1. The summed E-state index contributed by atoms with van der Waals surface area (Å²) < 4.78 is 0. The van der Waals surface area contributed by atoms with Crippen molar-refractivity contribution in [1.29, 1.82) is 0 Å². The van der Waals surface area contributed by atoms with E-state index in [1.165, 1.54) is 45.4 Å². The van der Waals surface area contributed by atoms with Crippen LogP contribution in [-0.4, -0.2) is 63.2 Å². The van der Waals surface area contributed by atoms with Crippen LogP contribution in [-0.2, 0) is 0 Å². The Balaban J connectivity index is 3.51. The average molecular weight is 257 g/mol. The van der Waals surface area contributed by atoms with Gasteiger partial charge >= 0.3 is 0 Å². The van der Waals surface area contributed by atoms with Gasteiger partial charge in [0.25, 0.3) is 0 Å². The molecule has 0 aromatic carbocycles. The van der Waals surface area contributed by atoms with Crippen LogP contribution in [0.4, 0.5) is 0 Å². The van der Waals surface area contributed by atoms with Crippen molar-refractivity contribution in [2.75, 3.05) is 53.4 Å². The van der Waals surface area contributed by atoms with Gasteiger partial charge in [-0.2, -0.15) is 0 Å². The molecule has 0 atom stereocenters. The lowest BCUT2D eigenvalue weighted by atomic mass is 10.1. The molecule has 110 valence electrons. The highest BCUT2D eigenvalue weighted by Gasteiger charge is 2.03. The van der Waals surface area contributed by atoms with Crippen molar-refractivity contribution in [1.82, 2.24) is 15.1 Å². The largest absolute Gasteiger partial charge is 0.315 e. The zero-order chi connectivity index (χ0) is 13.8. The SMILES string of the molecule is CCCN(CCNCCCC(C)C)CCN(C)C. The molecule has 0 aromatic heterocycles. The second-order valence-corrected chi connectivity index (χ2v) is 5.93. The first-order valence-corrected chi connectivity index (χ1v) is 7.64. The Morgan fingerprint density at radius 1 is 0.944 bits per heavy atom. The summed E-state index contributed by atoms with van der Waals surface area (Å²) in [4.78, 5) is 4.83. The number of rotatable bonds is 12. The van der Waals surface area contributed by atoms with E-state index in [2.05, 4.69) is 50.0 Å². The second-order valence-electron chi connectivity index (χ2n) is 5.93. The first kappa shape index (κ1) is 17.9. The highest BCUT2D eigenvalue weighted by atomic mass is 15.2. The maximum Gasteiger partial charge on any atom is 0.0110 e. The van der Waals surface area contributed by atoms with Crippen LogP contribution in [0.2, 0.25) is 0 Å². The monoisotopic (exact) mass is 257 g/mol. The van der Waals surface area contributed by atoms with Crippen molar-refractivity contribution in [2.24, 2.45) is 5.92 Å². The third-order valence-electron chi connectivity index (χ3n) is 3.14. The molecule has 1 N–H and O–H groups in total. The molecule has 0 aliphatic carbocycles. The van der Waals surface area contributed by atoms with Gasteiger partial charge in [-0.1, -0.05) is 20.8 Å². The zero-order valence-corrected chi connectivity index (χ0v) is 13.3. The van der Waals surface area contributed by atoms with Crippen molar-refractivity contribution in [3.05, 3.63) is 0 Å². The molecule has 0 rings (SSSR count). The molecule has 0 heterocycles. The summed E-state index contributed by atoms with van der Waals surface area (Å²) in [5.74, 6) is 0.837. The van der Waals surface area contributed by atoms with Gasteiger partial charge in [0.05, 0.1) is 0 Å². The molecule has 0 aliphatic rings. The van der Waals surface area contributed by atoms with Crippen LogP contribution in [0.5, 0.6) is 0 Å². The van der Waals surface area contributed by atoms with Gasteiger partial charge in [-0.3, -0.25) is 0 Å². The molecule has 0 aliphatic heterocycles. The molecule has 0 radical (unpaired) electrons. The fourth-order valence-electron chi connectivity index (χ4n) is 1.99. The minimum Gasteiger partial charge on any atom is -0.315 e. The van der Waals surface area contributed by atoms with Gasteiger partial charge in [-0.05, 0) is 52.4 Å². The van der Waals surface area contributed by atoms with Crippen LogP contribution in [0, 0.1) is 5.92 Å². The van der Waals surface area contributed by atoms with Gasteiger partial charge in [-0.15, -0.1) is 0 Å². The second kappa shape index (κ2) is 11.9. The van der Waals surface area contributed by atoms with Crippen LogP contribution in [0.25, 0.3) is 0 Å². The fraction of sp³-hybridized carbons (Fsp3) is 1.00. The van der Waals surface area contributed by atoms with Gasteiger partial charge < -0.3 is 15.1 Å². The Morgan fingerprint density at radius 3 is 2.22 bits per heavy atom. The standard InChI is InChI=1S/C15H35N3/c1-6-11-18(14-13-17(4)5)12-10-16-9-7-8-15(2)3/h15-16H,6-14H2,1-5H3. The molecule has 0 unspecified atom stereocenters. The molecule has 0 saturated carbocycles. The number of nitrogens with one attached hydrogen (secondary N) is 1. The Labute approximate surface area is 115 Å². The minimum absolute atomic E-state index is 0.837. The van der Waals surface area contributed by atoms with E-state index in [0.29, 0.717) is 0 Å². The highest BCUT2D eigenvalue weighted by molar-refractivity contribution is 4.61. The Morgan fingerprint density at radius 2 is 1.67 bits per heavy atom. The van der Waals surface area contributed by atoms with E-state index in [1.807, 2.05) is 0 Å².